The largest absolute Gasteiger partial charge is 0.478 e. The van der Waals surface area contributed by atoms with E-state index in [1.165, 1.54) is 25.7 Å². The van der Waals surface area contributed by atoms with E-state index in [9.17, 15) is 4.79 Å². The molecule has 1 aliphatic carbocycles. The molecule has 4 heteroatoms. The van der Waals surface area contributed by atoms with Gasteiger partial charge in [0.2, 0.25) is 5.88 Å². The minimum atomic E-state index is -0.106. The Morgan fingerprint density at radius 2 is 1.92 bits per heavy atom. The number of carbonyl (C=O) groups is 1. The second-order valence-electron chi connectivity index (χ2n) is 6.82. The second kappa shape index (κ2) is 10.3. The molecule has 0 bridgehead atoms. The zero-order chi connectivity index (χ0) is 17.2. The molecule has 0 spiro atoms. The van der Waals surface area contributed by atoms with Gasteiger partial charge in [0, 0.05) is 6.07 Å². The summed E-state index contributed by atoms with van der Waals surface area (Å²) in [6.07, 6.45) is 12.0. The van der Waals surface area contributed by atoms with Crippen LogP contribution >= 0.6 is 0 Å². The molecular formula is C20H31NO3. The average Bonchev–Trinajstić information content (AvgIpc) is 2.62. The lowest BCUT2D eigenvalue weighted by atomic mass is 9.80. The van der Waals surface area contributed by atoms with Crippen LogP contribution in [0.1, 0.15) is 71.6 Å². The predicted octanol–water partition coefficient (Wildman–Crippen LogP) is 5.16. The van der Waals surface area contributed by atoms with Crippen LogP contribution in [0.3, 0.4) is 0 Å². The van der Waals surface area contributed by atoms with E-state index in [0.717, 1.165) is 38.0 Å². The fourth-order valence-corrected chi connectivity index (χ4v) is 3.29. The van der Waals surface area contributed by atoms with Crippen molar-refractivity contribution in [1.29, 1.82) is 0 Å². The number of aromatic nitrogens is 1. The van der Waals surface area contributed by atoms with Crippen molar-refractivity contribution in [3.63, 3.8) is 0 Å². The Bertz CT molecular complexity index is 478. The van der Waals surface area contributed by atoms with E-state index in [4.69, 9.17) is 9.47 Å². The summed E-state index contributed by atoms with van der Waals surface area (Å²) < 4.78 is 10.9. The molecule has 1 aromatic rings. The lowest BCUT2D eigenvalue weighted by Crippen LogP contribution is -2.25. The number of pyridine rings is 1. The van der Waals surface area contributed by atoms with E-state index in [1.807, 2.05) is 0 Å². The van der Waals surface area contributed by atoms with Gasteiger partial charge in [0.1, 0.15) is 5.75 Å². The first-order chi connectivity index (χ1) is 11.7. The third-order valence-electron chi connectivity index (χ3n) is 4.78. The first-order valence-electron chi connectivity index (χ1n) is 9.53. The summed E-state index contributed by atoms with van der Waals surface area (Å²) in [7, 11) is 0. The molecule has 134 valence electrons. The smallest absolute Gasteiger partial charge is 0.314 e. The highest BCUT2D eigenvalue weighted by atomic mass is 16.5. The molecule has 0 unspecified atom stereocenters. The standard InChI is InChI=1S/C20H31NO3/c1-3-5-6-7-16-8-10-17(11-9-16)20(22)24-18-12-13-19(21-15-18)23-14-4-2/h12-13,15-17H,3-11,14H2,1-2H3. The fraction of sp³-hybridized carbons (Fsp3) is 0.700. The molecule has 0 atom stereocenters. The zero-order valence-electron chi connectivity index (χ0n) is 15.1. The van der Waals surface area contributed by atoms with Gasteiger partial charge in [-0.3, -0.25) is 4.79 Å². The number of hydrogen-bond donors (Lipinski definition) is 0. The summed E-state index contributed by atoms with van der Waals surface area (Å²) in [4.78, 5) is 16.5. The van der Waals surface area contributed by atoms with Crippen LogP contribution in [0.15, 0.2) is 18.3 Å². The Balaban J connectivity index is 1.73. The van der Waals surface area contributed by atoms with Crippen LogP contribution in [-0.2, 0) is 4.79 Å². The van der Waals surface area contributed by atoms with Gasteiger partial charge >= 0.3 is 5.97 Å². The van der Waals surface area contributed by atoms with E-state index in [-0.39, 0.29) is 11.9 Å². The van der Waals surface area contributed by atoms with Crippen molar-refractivity contribution >= 4 is 5.97 Å². The topological polar surface area (TPSA) is 48.4 Å². The van der Waals surface area contributed by atoms with Crippen molar-refractivity contribution in [3.8, 4) is 11.6 Å². The molecule has 0 N–H and O–H groups in total. The van der Waals surface area contributed by atoms with E-state index in [2.05, 4.69) is 18.8 Å². The fourth-order valence-electron chi connectivity index (χ4n) is 3.29. The second-order valence-corrected chi connectivity index (χ2v) is 6.82. The maximum Gasteiger partial charge on any atom is 0.314 e. The molecule has 0 radical (unpaired) electrons. The molecule has 4 nitrogen and oxygen atoms in total. The van der Waals surface area contributed by atoms with Gasteiger partial charge in [0.25, 0.3) is 0 Å². The molecule has 1 aliphatic rings. The molecule has 1 saturated carbocycles. The maximum atomic E-state index is 12.3. The molecule has 24 heavy (non-hydrogen) atoms. The van der Waals surface area contributed by atoms with Crippen LogP contribution in [0, 0.1) is 11.8 Å². The summed E-state index contributed by atoms with van der Waals surface area (Å²) in [6, 6.07) is 3.51. The van der Waals surface area contributed by atoms with Gasteiger partial charge < -0.3 is 9.47 Å². The Labute approximate surface area is 146 Å². The van der Waals surface area contributed by atoms with Crippen LogP contribution in [-0.4, -0.2) is 17.6 Å². The highest BCUT2D eigenvalue weighted by Crippen LogP contribution is 2.33. The van der Waals surface area contributed by atoms with E-state index in [1.54, 1.807) is 18.3 Å². The zero-order valence-corrected chi connectivity index (χ0v) is 15.1. The van der Waals surface area contributed by atoms with E-state index < -0.39 is 0 Å². The number of unbranched alkanes of at least 4 members (excludes halogenated alkanes) is 2. The summed E-state index contributed by atoms with van der Waals surface area (Å²) in [5, 5.41) is 0. The Hall–Kier alpha value is -1.58. The van der Waals surface area contributed by atoms with Crippen LogP contribution in [0.25, 0.3) is 0 Å². The van der Waals surface area contributed by atoms with Crippen LogP contribution in [0.4, 0.5) is 0 Å². The molecule has 0 saturated heterocycles. The molecule has 1 fully saturated rings. The average molecular weight is 333 g/mol. The number of rotatable bonds is 9. The third-order valence-corrected chi connectivity index (χ3v) is 4.78. The minimum Gasteiger partial charge on any atom is -0.478 e. The number of esters is 1. The maximum absolute atomic E-state index is 12.3. The van der Waals surface area contributed by atoms with Gasteiger partial charge in [-0.25, -0.2) is 4.98 Å². The summed E-state index contributed by atoms with van der Waals surface area (Å²) in [5.41, 5.74) is 0. The Kier molecular flexibility index (Phi) is 8.06. The molecule has 1 heterocycles. The van der Waals surface area contributed by atoms with Gasteiger partial charge in [-0.1, -0.05) is 39.5 Å². The molecule has 0 aliphatic heterocycles. The number of ether oxygens (including phenoxy) is 2. The summed E-state index contributed by atoms with van der Waals surface area (Å²) in [5.74, 6) is 1.82. The molecule has 1 aromatic heterocycles. The lowest BCUT2D eigenvalue weighted by Gasteiger charge is -2.27. The monoisotopic (exact) mass is 333 g/mol. The van der Waals surface area contributed by atoms with E-state index >= 15 is 0 Å². The van der Waals surface area contributed by atoms with Gasteiger partial charge in [0.05, 0.1) is 18.7 Å². The van der Waals surface area contributed by atoms with Gasteiger partial charge in [-0.2, -0.15) is 0 Å². The van der Waals surface area contributed by atoms with Gasteiger partial charge in [0.15, 0.2) is 0 Å². The van der Waals surface area contributed by atoms with Crippen molar-refractivity contribution in [1.82, 2.24) is 4.98 Å². The number of nitrogens with zero attached hydrogens (tertiary/aromatic N) is 1. The normalized spacial score (nSPS) is 20.6. The number of hydrogen-bond acceptors (Lipinski definition) is 4. The van der Waals surface area contributed by atoms with E-state index in [0.29, 0.717) is 18.2 Å². The minimum absolute atomic E-state index is 0.0449. The van der Waals surface area contributed by atoms with Gasteiger partial charge in [-0.15, -0.1) is 0 Å². The number of carbonyl (C=O) groups excluding carboxylic acids is 1. The summed E-state index contributed by atoms with van der Waals surface area (Å²) >= 11 is 0. The Morgan fingerprint density at radius 1 is 1.12 bits per heavy atom. The van der Waals surface area contributed by atoms with Crippen molar-refractivity contribution in [2.24, 2.45) is 11.8 Å². The van der Waals surface area contributed by atoms with Crippen molar-refractivity contribution < 1.29 is 14.3 Å². The third kappa shape index (κ3) is 6.14. The SMILES string of the molecule is CCCCCC1CCC(C(=O)Oc2ccc(OCCC)nc2)CC1. The van der Waals surface area contributed by atoms with Crippen molar-refractivity contribution in [2.75, 3.05) is 6.61 Å². The predicted molar refractivity (Wildman–Crippen MR) is 95.2 cm³/mol. The molecular weight excluding hydrogens is 302 g/mol. The van der Waals surface area contributed by atoms with Gasteiger partial charge in [-0.05, 0) is 44.1 Å². The van der Waals surface area contributed by atoms with Crippen molar-refractivity contribution in [3.05, 3.63) is 18.3 Å². The van der Waals surface area contributed by atoms with Crippen LogP contribution < -0.4 is 9.47 Å². The molecule has 0 aromatic carbocycles. The first-order valence-corrected chi connectivity index (χ1v) is 9.53. The highest BCUT2D eigenvalue weighted by Gasteiger charge is 2.27. The quantitative estimate of drug-likeness (QED) is 0.462. The highest BCUT2D eigenvalue weighted by molar-refractivity contribution is 5.75. The lowest BCUT2D eigenvalue weighted by molar-refractivity contribution is -0.140. The van der Waals surface area contributed by atoms with Crippen LogP contribution in [0.5, 0.6) is 11.6 Å². The Morgan fingerprint density at radius 3 is 2.54 bits per heavy atom. The first kappa shape index (κ1) is 18.8. The molecule has 0 amide bonds. The van der Waals surface area contributed by atoms with Crippen LogP contribution in [0.2, 0.25) is 0 Å². The molecule has 2 rings (SSSR count). The summed E-state index contributed by atoms with van der Waals surface area (Å²) in [6.45, 7) is 4.94. The van der Waals surface area contributed by atoms with Crippen molar-refractivity contribution in [2.45, 2.75) is 71.6 Å².